The van der Waals surface area contributed by atoms with Gasteiger partial charge >= 0.3 is 5.97 Å². The van der Waals surface area contributed by atoms with Crippen molar-refractivity contribution in [2.45, 2.75) is 19.8 Å². The molecule has 0 fully saturated rings. The van der Waals surface area contributed by atoms with Crippen LogP contribution < -0.4 is 10.6 Å². The van der Waals surface area contributed by atoms with Crippen LogP contribution in [0.15, 0.2) is 35.7 Å². The van der Waals surface area contributed by atoms with E-state index in [0.29, 0.717) is 34.7 Å². The molecule has 2 aromatic rings. The molecular weight excluding hydrogens is 340 g/mol. The molecular formula is C18H20N2O4S. The molecule has 0 bridgehead atoms. The third-order valence-electron chi connectivity index (χ3n) is 3.62. The Bertz CT molecular complexity index is 756. The summed E-state index contributed by atoms with van der Waals surface area (Å²) in [6.07, 6.45) is 0.797. The number of carbonyl (C=O) groups excluding carboxylic acids is 3. The number of carbonyl (C=O) groups is 3. The van der Waals surface area contributed by atoms with E-state index in [1.807, 2.05) is 11.4 Å². The van der Waals surface area contributed by atoms with Crippen LogP contribution in [0.5, 0.6) is 0 Å². The first kappa shape index (κ1) is 18.7. The van der Waals surface area contributed by atoms with Crippen LogP contribution in [-0.2, 0) is 9.53 Å². The molecule has 0 aliphatic rings. The lowest BCUT2D eigenvalue weighted by Gasteiger charge is -2.11. The summed E-state index contributed by atoms with van der Waals surface area (Å²) in [5.41, 5.74) is 1.66. The molecule has 132 valence electrons. The number of ether oxygens (including phenoxy) is 1. The van der Waals surface area contributed by atoms with Crippen molar-refractivity contribution in [1.29, 1.82) is 0 Å². The zero-order valence-electron chi connectivity index (χ0n) is 14.1. The standard InChI is InChI=1S/C18H20N2O4S/c1-12-13(18(23)24-2)6-3-7-14(12)20-16(21)9-4-10-19-17(22)15-8-5-11-25-15/h3,5-8,11H,4,9-10H2,1-2H3,(H,19,22)(H,20,21). The summed E-state index contributed by atoms with van der Waals surface area (Å²) in [7, 11) is 1.32. The van der Waals surface area contributed by atoms with Crippen molar-refractivity contribution in [2.75, 3.05) is 19.0 Å². The molecule has 0 radical (unpaired) electrons. The maximum absolute atomic E-state index is 12.1. The molecule has 6 nitrogen and oxygen atoms in total. The van der Waals surface area contributed by atoms with Crippen LogP contribution in [0.3, 0.4) is 0 Å². The fourth-order valence-electron chi connectivity index (χ4n) is 2.26. The van der Waals surface area contributed by atoms with Crippen LogP contribution in [0, 0.1) is 6.92 Å². The number of methoxy groups -OCH3 is 1. The van der Waals surface area contributed by atoms with E-state index in [0.717, 1.165) is 0 Å². The Morgan fingerprint density at radius 2 is 1.96 bits per heavy atom. The molecule has 0 saturated heterocycles. The molecule has 2 rings (SSSR count). The third kappa shape index (κ3) is 5.15. The maximum atomic E-state index is 12.1. The van der Waals surface area contributed by atoms with E-state index in [4.69, 9.17) is 4.74 Å². The molecule has 2 N–H and O–H groups in total. The Morgan fingerprint density at radius 3 is 2.64 bits per heavy atom. The number of thiophene rings is 1. The van der Waals surface area contributed by atoms with Crippen LogP contribution in [0.1, 0.15) is 38.4 Å². The molecule has 1 aromatic heterocycles. The summed E-state index contributed by atoms with van der Waals surface area (Å²) >= 11 is 1.38. The first-order chi connectivity index (χ1) is 12.0. The fourth-order valence-corrected chi connectivity index (χ4v) is 2.90. The number of benzene rings is 1. The summed E-state index contributed by atoms with van der Waals surface area (Å²) in [5.74, 6) is -0.739. The lowest BCUT2D eigenvalue weighted by molar-refractivity contribution is -0.116. The van der Waals surface area contributed by atoms with Gasteiger partial charge in [-0.25, -0.2) is 4.79 Å². The second kappa shape index (κ2) is 8.98. The van der Waals surface area contributed by atoms with Crippen LogP contribution in [0.25, 0.3) is 0 Å². The number of amides is 2. The second-order valence-electron chi connectivity index (χ2n) is 5.35. The van der Waals surface area contributed by atoms with Crippen LogP contribution in [0.2, 0.25) is 0 Å². The van der Waals surface area contributed by atoms with Gasteiger partial charge in [-0.3, -0.25) is 9.59 Å². The van der Waals surface area contributed by atoms with Crippen molar-refractivity contribution < 1.29 is 19.1 Å². The number of esters is 1. The topological polar surface area (TPSA) is 84.5 Å². The summed E-state index contributed by atoms with van der Waals surface area (Å²) < 4.78 is 4.72. The molecule has 0 unspecified atom stereocenters. The predicted molar refractivity (Wildman–Crippen MR) is 97.0 cm³/mol. The van der Waals surface area contributed by atoms with Gasteiger partial charge in [0, 0.05) is 18.7 Å². The number of nitrogens with one attached hydrogen (secondary N) is 2. The van der Waals surface area contributed by atoms with Gasteiger partial charge in [0.25, 0.3) is 5.91 Å². The maximum Gasteiger partial charge on any atom is 0.338 e. The molecule has 7 heteroatoms. The minimum atomic E-state index is -0.440. The van der Waals surface area contributed by atoms with Gasteiger partial charge in [-0.15, -0.1) is 11.3 Å². The molecule has 1 aromatic carbocycles. The normalized spacial score (nSPS) is 10.2. The average molecular weight is 360 g/mol. The SMILES string of the molecule is COC(=O)c1cccc(NC(=O)CCCNC(=O)c2cccs2)c1C. The zero-order valence-corrected chi connectivity index (χ0v) is 14.9. The van der Waals surface area contributed by atoms with E-state index in [2.05, 4.69) is 10.6 Å². The summed E-state index contributed by atoms with van der Waals surface area (Å²) in [6, 6.07) is 8.65. The van der Waals surface area contributed by atoms with Crippen LogP contribution in [0.4, 0.5) is 5.69 Å². The Balaban J connectivity index is 1.81. The molecule has 0 spiro atoms. The number of anilines is 1. The van der Waals surface area contributed by atoms with E-state index < -0.39 is 5.97 Å². The van der Waals surface area contributed by atoms with Crippen LogP contribution >= 0.6 is 11.3 Å². The highest BCUT2D eigenvalue weighted by atomic mass is 32.1. The number of hydrogen-bond acceptors (Lipinski definition) is 5. The highest BCUT2D eigenvalue weighted by molar-refractivity contribution is 7.12. The molecule has 25 heavy (non-hydrogen) atoms. The van der Waals surface area contributed by atoms with Gasteiger partial charge < -0.3 is 15.4 Å². The van der Waals surface area contributed by atoms with Crippen molar-refractivity contribution in [3.05, 3.63) is 51.7 Å². The van der Waals surface area contributed by atoms with E-state index >= 15 is 0 Å². The van der Waals surface area contributed by atoms with Crippen molar-refractivity contribution in [3.8, 4) is 0 Å². The first-order valence-corrected chi connectivity index (χ1v) is 8.70. The largest absolute Gasteiger partial charge is 0.465 e. The van der Waals surface area contributed by atoms with E-state index in [1.165, 1.54) is 18.4 Å². The van der Waals surface area contributed by atoms with Gasteiger partial charge in [-0.1, -0.05) is 12.1 Å². The zero-order chi connectivity index (χ0) is 18.2. The molecule has 0 aliphatic heterocycles. The summed E-state index contributed by atoms with van der Waals surface area (Å²) in [6.45, 7) is 2.18. The van der Waals surface area contributed by atoms with Gasteiger partial charge in [0.1, 0.15) is 0 Å². The van der Waals surface area contributed by atoms with E-state index in [1.54, 1.807) is 31.2 Å². The Kier molecular flexibility index (Phi) is 6.71. The monoisotopic (exact) mass is 360 g/mol. The van der Waals surface area contributed by atoms with Gasteiger partial charge in [0.2, 0.25) is 5.91 Å². The molecule has 0 atom stereocenters. The predicted octanol–water partition coefficient (Wildman–Crippen LogP) is 2.99. The van der Waals surface area contributed by atoms with Gasteiger partial charge in [0.15, 0.2) is 0 Å². The molecule has 0 saturated carbocycles. The molecule has 0 aliphatic carbocycles. The summed E-state index contributed by atoms with van der Waals surface area (Å²) in [4.78, 5) is 36.1. The highest BCUT2D eigenvalue weighted by Crippen LogP contribution is 2.20. The molecule has 2 amide bonds. The third-order valence-corrected chi connectivity index (χ3v) is 4.49. The Hall–Kier alpha value is -2.67. The minimum Gasteiger partial charge on any atom is -0.465 e. The van der Waals surface area contributed by atoms with E-state index in [-0.39, 0.29) is 18.2 Å². The van der Waals surface area contributed by atoms with E-state index in [9.17, 15) is 14.4 Å². The van der Waals surface area contributed by atoms with Crippen molar-refractivity contribution in [2.24, 2.45) is 0 Å². The molecule has 1 heterocycles. The quantitative estimate of drug-likeness (QED) is 0.587. The lowest BCUT2D eigenvalue weighted by atomic mass is 10.1. The van der Waals surface area contributed by atoms with Crippen LogP contribution in [-0.4, -0.2) is 31.4 Å². The smallest absolute Gasteiger partial charge is 0.338 e. The van der Waals surface area contributed by atoms with Crippen molar-refractivity contribution >= 4 is 34.8 Å². The number of rotatable bonds is 7. The minimum absolute atomic E-state index is 0.128. The van der Waals surface area contributed by atoms with Crippen molar-refractivity contribution in [3.63, 3.8) is 0 Å². The fraction of sp³-hybridized carbons (Fsp3) is 0.278. The number of hydrogen-bond donors (Lipinski definition) is 2. The first-order valence-electron chi connectivity index (χ1n) is 7.82. The van der Waals surface area contributed by atoms with Crippen molar-refractivity contribution in [1.82, 2.24) is 5.32 Å². The lowest BCUT2D eigenvalue weighted by Crippen LogP contribution is -2.24. The Labute approximate surface area is 150 Å². The highest BCUT2D eigenvalue weighted by Gasteiger charge is 2.13. The van der Waals surface area contributed by atoms with Gasteiger partial charge in [-0.2, -0.15) is 0 Å². The summed E-state index contributed by atoms with van der Waals surface area (Å²) in [5, 5.41) is 7.41. The average Bonchev–Trinajstić information content (AvgIpc) is 3.14. The second-order valence-corrected chi connectivity index (χ2v) is 6.30. The van der Waals surface area contributed by atoms with Gasteiger partial charge in [-0.05, 0) is 42.5 Å². The Morgan fingerprint density at radius 1 is 1.16 bits per heavy atom. The van der Waals surface area contributed by atoms with Gasteiger partial charge in [0.05, 0.1) is 17.6 Å².